The first-order chi connectivity index (χ1) is 9.27. The fraction of sp³-hybridized carbons (Fsp3) is 0.0667. The lowest BCUT2D eigenvalue weighted by Crippen LogP contribution is -2.04. The number of rotatable bonds is 2. The maximum absolute atomic E-state index is 10.5. The van der Waals surface area contributed by atoms with E-state index in [9.17, 15) is 5.11 Å². The summed E-state index contributed by atoms with van der Waals surface area (Å²) in [5, 5.41) is 12.9. The van der Waals surface area contributed by atoms with Crippen molar-refractivity contribution in [2.45, 2.75) is 6.10 Å². The van der Waals surface area contributed by atoms with E-state index in [4.69, 9.17) is 11.6 Å². The third-order valence-corrected chi connectivity index (χ3v) is 3.36. The molecule has 1 atom stereocenters. The molecule has 1 unspecified atom stereocenters. The summed E-state index contributed by atoms with van der Waals surface area (Å²) in [6.07, 6.45) is 4.15. The highest BCUT2D eigenvalue weighted by Gasteiger charge is 2.17. The maximum atomic E-state index is 10.5. The number of hydrogen-bond donors (Lipinski definition) is 1. The van der Waals surface area contributed by atoms with Crippen LogP contribution in [0.5, 0.6) is 0 Å². The minimum atomic E-state index is -0.882. The van der Waals surface area contributed by atoms with E-state index in [1.807, 2.05) is 24.3 Å². The Morgan fingerprint density at radius 2 is 1.89 bits per heavy atom. The van der Waals surface area contributed by atoms with Gasteiger partial charge in [-0.1, -0.05) is 35.9 Å². The van der Waals surface area contributed by atoms with Gasteiger partial charge in [-0.2, -0.15) is 0 Å². The van der Waals surface area contributed by atoms with Crippen molar-refractivity contribution in [3.8, 4) is 0 Å². The summed E-state index contributed by atoms with van der Waals surface area (Å²) in [6.45, 7) is 0. The van der Waals surface area contributed by atoms with Gasteiger partial charge in [0.15, 0.2) is 0 Å². The van der Waals surface area contributed by atoms with Gasteiger partial charge in [-0.05, 0) is 17.5 Å². The molecule has 0 bridgehead atoms. The largest absolute Gasteiger partial charge is 0.382 e. The van der Waals surface area contributed by atoms with E-state index in [1.165, 1.54) is 0 Å². The van der Waals surface area contributed by atoms with Gasteiger partial charge in [0, 0.05) is 29.5 Å². The van der Waals surface area contributed by atoms with Crippen molar-refractivity contribution in [1.82, 2.24) is 9.97 Å². The van der Waals surface area contributed by atoms with E-state index in [-0.39, 0.29) is 0 Å². The van der Waals surface area contributed by atoms with Crippen LogP contribution >= 0.6 is 11.6 Å². The molecule has 1 aromatic carbocycles. The van der Waals surface area contributed by atoms with E-state index in [0.717, 1.165) is 10.8 Å². The molecule has 0 spiro atoms. The van der Waals surface area contributed by atoms with Crippen molar-refractivity contribution in [3.05, 3.63) is 71.3 Å². The normalized spacial score (nSPS) is 12.5. The standard InChI is InChI=1S/C15H11ClN2O/c16-13-6-3-7-18-14(13)15(19)12-9-17-8-10-4-1-2-5-11(10)12/h1-9,15,19H. The fourth-order valence-corrected chi connectivity index (χ4v) is 2.33. The average molecular weight is 271 g/mol. The number of halogens is 1. The van der Waals surface area contributed by atoms with Crippen LogP contribution in [-0.2, 0) is 0 Å². The highest BCUT2D eigenvalue weighted by Crippen LogP contribution is 2.30. The van der Waals surface area contributed by atoms with Crippen molar-refractivity contribution in [2.75, 3.05) is 0 Å². The van der Waals surface area contributed by atoms with Crippen LogP contribution in [0.25, 0.3) is 10.8 Å². The number of benzene rings is 1. The summed E-state index contributed by atoms with van der Waals surface area (Å²) < 4.78 is 0. The van der Waals surface area contributed by atoms with Gasteiger partial charge in [0.25, 0.3) is 0 Å². The zero-order valence-corrected chi connectivity index (χ0v) is 10.7. The fourth-order valence-electron chi connectivity index (χ4n) is 2.10. The first-order valence-electron chi connectivity index (χ1n) is 5.88. The predicted molar refractivity (Wildman–Crippen MR) is 75.1 cm³/mol. The van der Waals surface area contributed by atoms with Crippen molar-refractivity contribution < 1.29 is 5.11 Å². The maximum Gasteiger partial charge on any atom is 0.125 e. The first-order valence-corrected chi connectivity index (χ1v) is 6.26. The van der Waals surface area contributed by atoms with Gasteiger partial charge in [0.1, 0.15) is 6.10 Å². The highest BCUT2D eigenvalue weighted by molar-refractivity contribution is 6.31. The number of aliphatic hydroxyl groups excluding tert-OH is 1. The van der Waals surface area contributed by atoms with Crippen molar-refractivity contribution >= 4 is 22.4 Å². The molecule has 94 valence electrons. The minimum Gasteiger partial charge on any atom is -0.382 e. The summed E-state index contributed by atoms with van der Waals surface area (Å²) in [5.41, 5.74) is 1.15. The second-order valence-corrected chi connectivity index (χ2v) is 4.63. The van der Waals surface area contributed by atoms with E-state index in [1.54, 1.807) is 30.7 Å². The molecule has 3 rings (SSSR count). The predicted octanol–water partition coefficient (Wildman–Crippen LogP) is 3.36. The Labute approximate surface area is 115 Å². The molecule has 2 aromatic heterocycles. The third kappa shape index (κ3) is 2.18. The molecule has 1 N–H and O–H groups in total. The van der Waals surface area contributed by atoms with Crippen molar-refractivity contribution in [1.29, 1.82) is 0 Å². The Bertz CT molecular complexity index is 725. The number of hydrogen-bond acceptors (Lipinski definition) is 3. The average Bonchev–Trinajstić information content (AvgIpc) is 2.46. The summed E-state index contributed by atoms with van der Waals surface area (Å²) in [5.74, 6) is 0. The van der Waals surface area contributed by atoms with Gasteiger partial charge in [0.05, 0.1) is 10.7 Å². The summed E-state index contributed by atoms with van der Waals surface area (Å²) in [7, 11) is 0. The lowest BCUT2D eigenvalue weighted by molar-refractivity contribution is 0.216. The Kier molecular flexibility index (Phi) is 3.15. The van der Waals surface area contributed by atoms with Gasteiger partial charge >= 0.3 is 0 Å². The second kappa shape index (κ2) is 4.96. The molecule has 0 aliphatic heterocycles. The molecular weight excluding hydrogens is 260 g/mol. The van der Waals surface area contributed by atoms with Gasteiger partial charge in [0.2, 0.25) is 0 Å². The van der Waals surface area contributed by atoms with Crippen LogP contribution in [0.2, 0.25) is 5.02 Å². The minimum absolute atomic E-state index is 0.447. The summed E-state index contributed by atoms with van der Waals surface area (Å²) in [6, 6.07) is 11.2. The number of fused-ring (bicyclic) bond motifs is 1. The lowest BCUT2D eigenvalue weighted by Gasteiger charge is -2.13. The molecule has 2 heterocycles. The molecular formula is C15H11ClN2O. The summed E-state index contributed by atoms with van der Waals surface area (Å²) in [4.78, 5) is 8.31. The van der Waals surface area contributed by atoms with Crippen molar-refractivity contribution in [3.63, 3.8) is 0 Å². The third-order valence-electron chi connectivity index (χ3n) is 3.04. The molecule has 0 aliphatic carbocycles. The van der Waals surface area contributed by atoms with Crippen LogP contribution in [0.15, 0.2) is 55.0 Å². The van der Waals surface area contributed by atoms with Gasteiger partial charge < -0.3 is 5.11 Å². The molecule has 4 heteroatoms. The zero-order valence-electron chi connectivity index (χ0n) is 9.99. The summed E-state index contributed by atoms with van der Waals surface area (Å²) >= 11 is 6.08. The molecule has 0 aliphatic rings. The van der Waals surface area contributed by atoms with Crippen LogP contribution in [0.3, 0.4) is 0 Å². The molecule has 3 aromatic rings. The van der Waals surface area contributed by atoms with Crippen LogP contribution < -0.4 is 0 Å². The number of aromatic nitrogens is 2. The van der Waals surface area contributed by atoms with Crippen LogP contribution in [0.1, 0.15) is 17.4 Å². The van der Waals surface area contributed by atoms with E-state index in [0.29, 0.717) is 16.3 Å². The van der Waals surface area contributed by atoms with Crippen LogP contribution in [0.4, 0.5) is 0 Å². The number of nitrogens with zero attached hydrogens (tertiary/aromatic N) is 2. The lowest BCUT2D eigenvalue weighted by atomic mass is 10.0. The SMILES string of the molecule is OC(c1ncccc1Cl)c1cncc2ccccc12. The molecule has 19 heavy (non-hydrogen) atoms. The molecule has 0 amide bonds. The Hall–Kier alpha value is -1.97. The van der Waals surface area contributed by atoms with Crippen molar-refractivity contribution in [2.24, 2.45) is 0 Å². The Morgan fingerprint density at radius 1 is 1.05 bits per heavy atom. The quantitative estimate of drug-likeness (QED) is 0.777. The Balaban J connectivity index is 2.17. The van der Waals surface area contributed by atoms with Gasteiger partial charge in [-0.3, -0.25) is 9.97 Å². The topological polar surface area (TPSA) is 46.0 Å². The number of pyridine rings is 2. The monoisotopic (exact) mass is 270 g/mol. The van der Waals surface area contributed by atoms with Crippen LogP contribution in [0, 0.1) is 0 Å². The molecule has 0 saturated heterocycles. The molecule has 0 radical (unpaired) electrons. The van der Waals surface area contributed by atoms with Gasteiger partial charge in [-0.15, -0.1) is 0 Å². The number of aliphatic hydroxyl groups is 1. The van der Waals surface area contributed by atoms with E-state index in [2.05, 4.69) is 9.97 Å². The molecule has 0 fully saturated rings. The Morgan fingerprint density at radius 3 is 2.74 bits per heavy atom. The smallest absolute Gasteiger partial charge is 0.125 e. The van der Waals surface area contributed by atoms with E-state index >= 15 is 0 Å². The van der Waals surface area contributed by atoms with Gasteiger partial charge in [-0.25, -0.2) is 0 Å². The molecule has 3 nitrogen and oxygen atoms in total. The first kappa shape index (κ1) is 12.1. The van der Waals surface area contributed by atoms with E-state index < -0.39 is 6.10 Å². The van der Waals surface area contributed by atoms with Crippen LogP contribution in [-0.4, -0.2) is 15.1 Å². The highest BCUT2D eigenvalue weighted by atomic mass is 35.5. The zero-order chi connectivity index (χ0) is 13.2. The molecule has 0 saturated carbocycles. The second-order valence-electron chi connectivity index (χ2n) is 4.22.